The highest BCUT2D eigenvalue weighted by atomic mass is 16.5. The van der Waals surface area contributed by atoms with E-state index in [4.69, 9.17) is 4.74 Å². The Kier molecular flexibility index (Phi) is 5.02. The summed E-state index contributed by atoms with van der Waals surface area (Å²) in [6, 6.07) is 9.53. The first-order chi connectivity index (χ1) is 14.0. The molecule has 2 amide bonds. The van der Waals surface area contributed by atoms with Crippen LogP contribution in [0.25, 0.3) is 22.2 Å². The summed E-state index contributed by atoms with van der Waals surface area (Å²) < 4.78 is 5.35. The molecule has 29 heavy (non-hydrogen) atoms. The number of nitrogens with one attached hydrogen (secondary N) is 1. The van der Waals surface area contributed by atoms with E-state index < -0.39 is 5.60 Å². The summed E-state index contributed by atoms with van der Waals surface area (Å²) >= 11 is 0. The number of aromatic nitrogens is 3. The number of pyridine rings is 1. The Balaban J connectivity index is 1.63. The minimum atomic E-state index is -0.716. The molecule has 4 rings (SSSR count). The number of urea groups is 1. The van der Waals surface area contributed by atoms with Crippen LogP contribution in [0.3, 0.4) is 0 Å². The topological polar surface area (TPSA) is 100 Å². The van der Waals surface area contributed by atoms with E-state index in [-0.39, 0.29) is 6.03 Å². The molecule has 2 aromatic heterocycles. The van der Waals surface area contributed by atoms with Crippen LogP contribution < -0.4 is 10.1 Å². The van der Waals surface area contributed by atoms with Crippen LogP contribution in [-0.2, 0) is 0 Å². The van der Waals surface area contributed by atoms with E-state index in [1.54, 1.807) is 18.0 Å². The molecule has 3 heterocycles. The van der Waals surface area contributed by atoms with Gasteiger partial charge in [-0.15, -0.1) is 0 Å². The number of anilines is 1. The van der Waals surface area contributed by atoms with Gasteiger partial charge < -0.3 is 14.7 Å². The Bertz CT molecular complexity index is 1030. The van der Waals surface area contributed by atoms with E-state index in [0.29, 0.717) is 48.7 Å². The van der Waals surface area contributed by atoms with E-state index >= 15 is 0 Å². The van der Waals surface area contributed by atoms with E-state index in [2.05, 4.69) is 20.3 Å². The lowest BCUT2D eigenvalue weighted by atomic mass is 9.94. The molecule has 0 atom stereocenters. The zero-order valence-electron chi connectivity index (χ0n) is 16.4. The van der Waals surface area contributed by atoms with Crippen LogP contribution in [0.1, 0.15) is 19.8 Å². The number of likely N-dealkylation sites (tertiary alicyclic amines) is 1. The van der Waals surface area contributed by atoms with Crippen molar-refractivity contribution < 1.29 is 14.6 Å². The lowest BCUT2D eigenvalue weighted by Crippen LogP contribution is -2.46. The summed E-state index contributed by atoms with van der Waals surface area (Å²) in [6.07, 6.45) is 4.33. The average Bonchev–Trinajstić information content (AvgIpc) is 2.73. The van der Waals surface area contributed by atoms with Gasteiger partial charge in [0.2, 0.25) is 5.88 Å². The van der Waals surface area contributed by atoms with Gasteiger partial charge in [-0.2, -0.15) is 0 Å². The number of carbonyl (C=O) groups is 1. The van der Waals surface area contributed by atoms with Crippen LogP contribution in [0, 0.1) is 0 Å². The zero-order chi connectivity index (χ0) is 20.4. The molecule has 0 aliphatic carbocycles. The van der Waals surface area contributed by atoms with Gasteiger partial charge in [0.15, 0.2) is 11.3 Å². The van der Waals surface area contributed by atoms with Crippen molar-refractivity contribution in [3.8, 4) is 17.0 Å². The molecule has 0 unspecified atom stereocenters. The Morgan fingerprint density at radius 3 is 2.55 bits per heavy atom. The number of nitrogens with zero attached hydrogens (tertiary/aromatic N) is 4. The largest absolute Gasteiger partial charge is 0.479 e. The van der Waals surface area contributed by atoms with Crippen molar-refractivity contribution in [2.45, 2.75) is 25.4 Å². The second-order valence-electron chi connectivity index (χ2n) is 7.41. The molecule has 1 aliphatic rings. The Morgan fingerprint density at radius 1 is 1.14 bits per heavy atom. The predicted octanol–water partition coefficient (Wildman–Crippen LogP) is 3.08. The number of fused-ring (bicyclic) bond motifs is 1. The van der Waals surface area contributed by atoms with Crippen molar-refractivity contribution >= 4 is 22.9 Å². The average molecular weight is 393 g/mol. The van der Waals surface area contributed by atoms with Gasteiger partial charge in [-0.05, 0) is 25.3 Å². The van der Waals surface area contributed by atoms with Gasteiger partial charge in [-0.1, -0.05) is 30.3 Å². The molecular formula is C21H23N5O3. The molecule has 0 spiro atoms. The van der Waals surface area contributed by atoms with Crippen LogP contribution in [0.4, 0.5) is 10.6 Å². The van der Waals surface area contributed by atoms with Gasteiger partial charge in [-0.3, -0.25) is 5.32 Å². The summed E-state index contributed by atoms with van der Waals surface area (Å²) in [4.78, 5) is 27.7. The number of aliphatic hydroxyl groups is 1. The van der Waals surface area contributed by atoms with Crippen molar-refractivity contribution in [3.05, 3.63) is 42.7 Å². The lowest BCUT2D eigenvalue weighted by Gasteiger charge is -2.35. The van der Waals surface area contributed by atoms with Crippen LogP contribution >= 0.6 is 0 Å². The van der Waals surface area contributed by atoms with E-state index in [1.165, 1.54) is 13.3 Å². The van der Waals surface area contributed by atoms with Crippen molar-refractivity contribution in [3.63, 3.8) is 0 Å². The molecule has 1 fully saturated rings. The highest BCUT2D eigenvalue weighted by molar-refractivity contribution is 5.95. The molecule has 150 valence electrons. The number of piperidine rings is 1. The number of ether oxygens (including phenoxy) is 1. The Morgan fingerprint density at radius 2 is 1.86 bits per heavy atom. The zero-order valence-corrected chi connectivity index (χ0v) is 16.4. The second kappa shape index (κ2) is 7.63. The van der Waals surface area contributed by atoms with Crippen LogP contribution in [0.15, 0.2) is 42.7 Å². The third kappa shape index (κ3) is 3.97. The standard InChI is InChI=1S/C21H23N5O3/c1-21(28)8-10-26(11-9-21)20(27)25-16-13-22-17-15(14-6-4-3-5-7-14)12-23-19(29-2)18(17)24-16/h3-7,12-13,28H,8-11H2,1-2H3,(H,24,25,27). The molecule has 1 aromatic carbocycles. The summed E-state index contributed by atoms with van der Waals surface area (Å²) in [5.41, 5.74) is 2.22. The molecule has 0 radical (unpaired) electrons. The molecule has 0 saturated carbocycles. The van der Waals surface area contributed by atoms with Crippen molar-refractivity contribution in [2.24, 2.45) is 0 Å². The second-order valence-corrected chi connectivity index (χ2v) is 7.41. The van der Waals surface area contributed by atoms with Gasteiger partial charge in [0.05, 0.1) is 18.9 Å². The minimum absolute atomic E-state index is 0.264. The Labute approximate surface area is 168 Å². The predicted molar refractivity (Wildman–Crippen MR) is 110 cm³/mol. The number of methoxy groups -OCH3 is 1. The molecule has 0 bridgehead atoms. The number of carbonyl (C=O) groups excluding carboxylic acids is 1. The minimum Gasteiger partial charge on any atom is -0.479 e. The number of rotatable bonds is 3. The molecule has 2 N–H and O–H groups in total. The molecule has 8 nitrogen and oxygen atoms in total. The number of hydrogen-bond donors (Lipinski definition) is 2. The first-order valence-corrected chi connectivity index (χ1v) is 9.50. The maximum Gasteiger partial charge on any atom is 0.323 e. The fourth-order valence-corrected chi connectivity index (χ4v) is 3.40. The van der Waals surface area contributed by atoms with Gasteiger partial charge in [0.25, 0.3) is 0 Å². The first-order valence-electron chi connectivity index (χ1n) is 9.50. The molecular weight excluding hydrogens is 370 g/mol. The molecule has 1 saturated heterocycles. The van der Waals surface area contributed by atoms with Crippen molar-refractivity contribution in [1.29, 1.82) is 0 Å². The third-order valence-electron chi connectivity index (χ3n) is 5.18. The summed E-state index contributed by atoms with van der Waals surface area (Å²) in [7, 11) is 1.52. The maximum absolute atomic E-state index is 12.6. The van der Waals surface area contributed by atoms with Gasteiger partial charge in [-0.25, -0.2) is 19.7 Å². The smallest absolute Gasteiger partial charge is 0.323 e. The third-order valence-corrected chi connectivity index (χ3v) is 5.18. The SMILES string of the molecule is COc1ncc(-c2ccccc2)c2ncc(NC(=O)N3CCC(C)(O)CC3)nc12. The van der Waals surface area contributed by atoms with Crippen molar-refractivity contribution in [1.82, 2.24) is 19.9 Å². The summed E-state index contributed by atoms with van der Waals surface area (Å²) in [5, 5.41) is 12.8. The van der Waals surface area contributed by atoms with Crippen molar-refractivity contribution in [2.75, 3.05) is 25.5 Å². The number of amides is 2. The van der Waals surface area contributed by atoms with E-state index in [9.17, 15) is 9.90 Å². The highest BCUT2D eigenvalue weighted by Gasteiger charge is 2.29. The van der Waals surface area contributed by atoms with E-state index in [0.717, 1.165) is 11.1 Å². The van der Waals surface area contributed by atoms with Crippen LogP contribution in [0.2, 0.25) is 0 Å². The fourth-order valence-electron chi connectivity index (χ4n) is 3.40. The maximum atomic E-state index is 12.6. The quantitative estimate of drug-likeness (QED) is 0.709. The van der Waals surface area contributed by atoms with Crippen LogP contribution in [-0.4, -0.2) is 56.8 Å². The highest BCUT2D eigenvalue weighted by Crippen LogP contribution is 2.30. The van der Waals surface area contributed by atoms with Gasteiger partial charge in [0, 0.05) is 24.8 Å². The van der Waals surface area contributed by atoms with E-state index in [1.807, 2.05) is 30.3 Å². The summed E-state index contributed by atoms with van der Waals surface area (Å²) in [5.74, 6) is 0.669. The molecule has 8 heteroatoms. The Hall–Kier alpha value is -3.26. The van der Waals surface area contributed by atoms with Gasteiger partial charge in [0.1, 0.15) is 5.52 Å². The fraction of sp³-hybridized carbons (Fsp3) is 0.333. The summed E-state index contributed by atoms with van der Waals surface area (Å²) in [6.45, 7) is 2.77. The van der Waals surface area contributed by atoms with Crippen LogP contribution in [0.5, 0.6) is 5.88 Å². The lowest BCUT2D eigenvalue weighted by molar-refractivity contribution is 0.00569. The molecule has 1 aliphatic heterocycles. The number of hydrogen-bond acceptors (Lipinski definition) is 6. The molecule has 3 aromatic rings. The van der Waals surface area contributed by atoms with Gasteiger partial charge >= 0.3 is 6.03 Å². The first kappa shape index (κ1) is 19.1. The normalized spacial score (nSPS) is 15.9. The number of benzene rings is 1. The monoisotopic (exact) mass is 393 g/mol.